The number of carbonyl (C=O) groups excluding carboxylic acids is 1. The van der Waals surface area contributed by atoms with E-state index in [-0.39, 0.29) is 5.97 Å². The fraction of sp³-hybridized carbons (Fsp3) is 0.471. The molecule has 0 aliphatic heterocycles. The highest BCUT2D eigenvalue weighted by molar-refractivity contribution is 5.92. The van der Waals surface area contributed by atoms with Gasteiger partial charge in [-0.3, -0.25) is 4.79 Å². The summed E-state index contributed by atoms with van der Waals surface area (Å²) < 4.78 is 11.2. The highest BCUT2D eigenvalue weighted by atomic mass is 16.5. The average Bonchev–Trinajstić information content (AvgIpc) is 2.69. The molecule has 3 heteroatoms. The van der Waals surface area contributed by atoms with Crippen LogP contribution in [0, 0.1) is 12.8 Å². The van der Waals surface area contributed by atoms with E-state index >= 15 is 0 Å². The van der Waals surface area contributed by atoms with E-state index in [1.807, 2.05) is 6.92 Å². The summed E-state index contributed by atoms with van der Waals surface area (Å²) in [5.74, 6) is 1.50. The van der Waals surface area contributed by atoms with E-state index in [1.165, 1.54) is 18.1 Å². The average molecular weight is 272 g/mol. The first-order chi connectivity index (χ1) is 9.47. The molecule has 1 aromatic heterocycles. The molecule has 1 aliphatic rings. The van der Waals surface area contributed by atoms with Crippen LogP contribution in [0.3, 0.4) is 0 Å². The highest BCUT2D eigenvalue weighted by Gasteiger charge is 2.28. The molecule has 1 heterocycles. The standard InChI is InChI=1S/C17H20O3/c1-9-5-10(2)15-13(6-9)7-14-16(11(3)8-19-14)17(15)20-12(4)18/h7-10H,5-6H2,1-4H3/t9-,10-/m0/s1. The van der Waals surface area contributed by atoms with Crippen molar-refractivity contribution in [3.05, 3.63) is 29.0 Å². The zero-order chi connectivity index (χ0) is 14.4. The summed E-state index contributed by atoms with van der Waals surface area (Å²) in [4.78, 5) is 11.5. The summed E-state index contributed by atoms with van der Waals surface area (Å²) in [5.41, 5.74) is 4.29. The van der Waals surface area contributed by atoms with Gasteiger partial charge in [0.25, 0.3) is 0 Å². The molecule has 0 unspecified atom stereocenters. The molecule has 0 saturated carbocycles. The van der Waals surface area contributed by atoms with Crippen molar-refractivity contribution in [1.82, 2.24) is 0 Å². The fourth-order valence-electron chi connectivity index (χ4n) is 3.52. The highest BCUT2D eigenvalue weighted by Crippen LogP contribution is 2.45. The lowest BCUT2D eigenvalue weighted by Gasteiger charge is -2.29. The molecule has 0 N–H and O–H groups in total. The number of hydrogen-bond acceptors (Lipinski definition) is 3. The maximum Gasteiger partial charge on any atom is 0.308 e. The first kappa shape index (κ1) is 13.2. The van der Waals surface area contributed by atoms with Gasteiger partial charge in [0.05, 0.1) is 11.6 Å². The van der Waals surface area contributed by atoms with Gasteiger partial charge in [-0.05, 0) is 48.8 Å². The molecule has 0 saturated heterocycles. The van der Waals surface area contributed by atoms with Crippen LogP contribution in [-0.2, 0) is 11.2 Å². The fourth-order valence-corrected chi connectivity index (χ4v) is 3.52. The molecular weight excluding hydrogens is 252 g/mol. The molecule has 0 amide bonds. The summed E-state index contributed by atoms with van der Waals surface area (Å²) in [7, 11) is 0. The second kappa shape index (κ2) is 4.65. The summed E-state index contributed by atoms with van der Waals surface area (Å²) in [6.45, 7) is 7.92. The topological polar surface area (TPSA) is 39.4 Å². The minimum atomic E-state index is -0.272. The van der Waals surface area contributed by atoms with Gasteiger partial charge in [0.2, 0.25) is 0 Å². The van der Waals surface area contributed by atoms with Crippen LogP contribution in [0.15, 0.2) is 16.7 Å². The van der Waals surface area contributed by atoms with Crippen molar-refractivity contribution in [3.8, 4) is 5.75 Å². The van der Waals surface area contributed by atoms with E-state index in [4.69, 9.17) is 9.15 Å². The third kappa shape index (κ3) is 2.01. The molecule has 3 nitrogen and oxygen atoms in total. The van der Waals surface area contributed by atoms with Crippen LogP contribution in [0.4, 0.5) is 0 Å². The molecule has 1 aromatic carbocycles. The number of esters is 1. The Labute approximate surface area is 118 Å². The van der Waals surface area contributed by atoms with Crippen LogP contribution in [0.1, 0.15) is 49.8 Å². The number of benzene rings is 1. The first-order valence-electron chi connectivity index (χ1n) is 7.19. The number of carbonyl (C=O) groups is 1. The molecule has 20 heavy (non-hydrogen) atoms. The van der Waals surface area contributed by atoms with Gasteiger partial charge in [-0.15, -0.1) is 0 Å². The van der Waals surface area contributed by atoms with Crippen molar-refractivity contribution in [2.24, 2.45) is 5.92 Å². The molecule has 106 valence electrons. The predicted octanol–water partition coefficient (Wildman–Crippen LogP) is 4.35. The van der Waals surface area contributed by atoms with Crippen LogP contribution in [0.2, 0.25) is 0 Å². The Balaban J connectivity index is 2.31. The molecule has 1 aliphatic carbocycles. The third-order valence-electron chi connectivity index (χ3n) is 4.19. The lowest BCUT2D eigenvalue weighted by Crippen LogP contribution is -2.17. The Morgan fingerprint density at radius 2 is 2.15 bits per heavy atom. The molecule has 2 aromatic rings. The Hall–Kier alpha value is -1.77. The maximum absolute atomic E-state index is 11.5. The summed E-state index contributed by atoms with van der Waals surface area (Å²) in [6, 6.07) is 2.12. The van der Waals surface area contributed by atoms with Crippen LogP contribution >= 0.6 is 0 Å². The monoisotopic (exact) mass is 272 g/mol. The van der Waals surface area contributed by atoms with E-state index in [1.54, 1.807) is 6.26 Å². The van der Waals surface area contributed by atoms with Crippen LogP contribution < -0.4 is 4.74 Å². The quantitative estimate of drug-likeness (QED) is 0.572. The number of rotatable bonds is 1. The molecule has 2 atom stereocenters. The first-order valence-corrected chi connectivity index (χ1v) is 7.19. The van der Waals surface area contributed by atoms with Gasteiger partial charge in [-0.25, -0.2) is 0 Å². The maximum atomic E-state index is 11.5. The van der Waals surface area contributed by atoms with Crippen LogP contribution in [0.5, 0.6) is 5.75 Å². The largest absolute Gasteiger partial charge is 0.464 e. The van der Waals surface area contributed by atoms with Crippen molar-refractivity contribution in [2.75, 3.05) is 0 Å². The third-order valence-corrected chi connectivity index (χ3v) is 4.19. The second-order valence-corrected chi connectivity index (χ2v) is 6.11. The van der Waals surface area contributed by atoms with Crippen molar-refractivity contribution in [2.45, 2.75) is 46.5 Å². The molecule has 0 radical (unpaired) electrons. The van der Waals surface area contributed by atoms with Crippen molar-refractivity contribution < 1.29 is 13.9 Å². The lowest BCUT2D eigenvalue weighted by molar-refractivity contribution is -0.131. The van der Waals surface area contributed by atoms with Crippen LogP contribution in [-0.4, -0.2) is 5.97 Å². The van der Waals surface area contributed by atoms with Gasteiger partial charge in [-0.1, -0.05) is 13.8 Å². The van der Waals surface area contributed by atoms with Gasteiger partial charge in [0.1, 0.15) is 11.3 Å². The Bertz CT molecular complexity index is 681. The van der Waals surface area contributed by atoms with Crippen molar-refractivity contribution in [3.63, 3.8) is 0 Å². The van der Waals surface area contributed by atoms with E-state index in [9.17, 15) is 4.79 Å². The number of furan rings is 1. The summed E-state index contributed by atoms with van der Waals surface area (Å²) >= 11 is 0. The predicted molar refractivity (Wildman–Crippen MR) is 78.2 cm³/mol. The molecule has 0 fully saturated rings. The van der Waals surface area contributed by atoms with Crippen LogP contribution in [0.25, 0.3) is 11.0 Å². The summed E-state index contributed by atoms with van der Waals surface area (Å²) in [6.07, 6.45) is 3.88. The minimum Gasteiger partial charge on any atom is -0.464 e. The lowest BCUT2D eigenvalue weighted by atomic mass is 9.77. The molecule has 3 rings (SSSR count). The summed E-state index contributed by atoms with van der Waals surface area (Å²) in [5, 5.41) is 0.945. The van der Waals surface area contributed by atoms with E-state index in [0.717, 1.165) is 35.1 Å². The van der Waals surface area contributed by atoms with Crippen molar-refractivity contribution in [1.29, 1.82) is 0 Å². The smallest absolute Gasteiger partial charge is 0.308 e. The second-order valence-electron chi connectivity index (χ2n) is 6.11. The number of aryl methyl sites for hydroxylation is 1. The number of fused-ring (bicyclic) bond motifs is 2. The Morgan fingerprint density at radius 3 is 2.85 bits per heavy atom. The zero-order valence-corrected chi connectivity index (χ0v) is 12.4. The van der Waals surface area contributed by atoms with Gasteiger partial charge < -0.3 is 9.15 Å². The molecular formula is C17H20O3. The van der Waals surface area contributed by atoms with Gasteiger partial charge in [-0.2, -0.15) is 0 Å². The zero-order valence-electron chi connectivity index (χ0n) is 12.4. The van der Waals surface area contributed by atoms with Gasteiger partial charge >= 0.3 is 5.97 Å². The van der Waals surface area contributed by atoms with E-state index in [0.29, 0.717) is 11.8 Å². The van der Waals surface area contributed by atoms with Gasteiger partial charge in [0.15, 0.2) is 0 Å². The van der Waals surface area contributed by atoms with Crippen molar-refractivity contribution >= 4 is 16.9 Å². The normalized spacial score (nSPS) is 21.8. The molecule has 0 bridgehead atoms. The van der Waals surface area contributed by atoms with Gasteiger partial charge in [0, 0.05) is 12.5 Å². The Kier molecular flexibility index (Phi) is 3.08. The molecule has 0 spiro atoms. The minimum absolute atomic E-state index is 0.272. The Morgan fingerprint density at radius 1 is 1.40 bits per heavy atom. The number of hydrogen-bond donors (Lipinski definition) is 0. The van der Waals surface area contributed by atoms with E-state index < -0.39 is 0 Å². The number of ether oxygens (including phenoxy) is 1. The van der Waals surface area contributed by atoms with E-state index in [2.05, 4.69) is 19.9 Å². The SMILES string of the molecule is CC(=O)Oc1c2c(cc3occ(C)c13)C[C@@H](C)C[C@@H]2C.